The number of nitrogens with one attached hydrogen (secondary N) is 1. The molecule has 2 fully saturated rings. The quantitative estimate of drug-likeness (QED) is 0.332. The fourth-order valence-corrected chi connectivity index (χ4v) is 1.53. The zero-order valence-electron chi connectivity index (χ0n) is 8.80. The fraction of sp³-hybridized carbons (Fsp3) is 0.889. The number of alkyl halides is 3. The van der Waals surface area contributed by atoms with E-state index in [1.807, 2.05) is 0 Å². The van der Waals surface area contributed by atoms with Crippen LogP contribution in [0, 0.1) is 0 Å². The summed E-state index contributed by atoms with van der Waals surface area (Å²) in [6.07, 6.45) is -0.780. The summed E-state index contributed by atoms with van der Waals surface area (Å²) < 4.78 is 37.1. The predicted octanol–water partition coefficient (Wildman–Crippen LogP) is 0.995. The Morgan fingerprint density at radius 2 is 1.94 bits per heavy atom. The molecule has 2 aliphatic rings. The highest BCUT2D eigenvalue weighted by Gasteiger charge is 2.40. The van der Waals surface area contributed by atoms with E-state index in [1.54, 1.807) is 0 Å². The third kappa shape index (κ3) is 3.26. The van der Waals surface area contributed by atoms with Gasteiger partial charge in [0.15, 0.2) is 0 Å². The van der Waals surface area contributed by atoms with Crippen LogP contribution in [0.15, 0.2) is 4.99 Å². The molecule has 0 spiro atoms. The minimum Gasteiger partial charge on any atom is -0.330 e. The van der Waals surface area contributed by atoms with Crippen molar-refractivity contribution in [2.75, 3.05) is 6.54 Å². The lowest BCUT2D eigenvalue weighted by atomic mass is 10.4. The first-order valence-electron chi connectivity index (χ1n) is 5.37. The molecule has 92 valence electrons. The van der Waals surface area contributed by atoms with Crippen LogP contribution in [0.2, 0.25) is 0 Å². The Morgan fingerprint density at radius 1 is 1.31 bits per heavy atom. The molecule has 4 nitrogen and oxygen atoms in total. The number of halogens is 3. The summed E-state index contributed by atoms with van der Waals surface area (Å²) in [6, 6.07) is 0.0932. The van der Waals surface area contributed by atoms with Crippen LogP contribution < -0.4 is 11.3 Å². The maximum atomic E-state index is 12.4. The van der Waals surface area contributed by atoms with Crippen molar-refractivity contribution in [1.82, 2.24) is 10.3 Å². The lowest BCUT2D eigenvalue weighted by molar-refractivity contribution is -0.139. The predicted molar refractivity (Wildman–Crippen MR) is 53.6 cm³/mol. The Labute approximate surface area is 91.7 Å². The summed E-state index contributed by atoms with van der Waals surface area (Å²) in [5, 5.41) is 0. The molecule has 0 aromatic heterocycles. The minimum absolute atomic E-state index is 0.0600. The van der Waals surface area contributed by atoms with E-state index in [0.717, 1.165) is 25.7 Å². The summed E-state index contributed by atoms with van der Waals surface area (Å²) in [5.74, 6) is 5.43. The average molecular weight is 236 g/mol. The molecular weight excluding hydrogens is 221 g/mol. The van der Waals surface area contributed by atoms with Gasteiger partial charge in [0.25, 0.3) is 0 Å². The summed E-state index contributed by atoms with van der Waals surface area (Å²) in [5.41, 5.74) is 2.29. The van der Waals surface area contributed by atoms with E-state index in [9.17, 15) is 13.2 Å². The van der Waals surface area contributed by atoms with E-state index >= 15 is 0 Å². The zero-order chi connectivity index (χ0) is 11.8. The van der Waals surface area contributed by atoms with Crippen LogP contribution in [-0.2, 0) is 0 Å². The molecule has 7 heteroatoms. The van der Waals surface area contributed by atoms with E-state index in [2.05, 4.69) is 10.4 Å². The Morgan fingerprint density at radius 3 is 2.31 bits per heavy atom. The molecule has 0 amide bonds. The van der Waals surface area contributed by atoms with E-state index in [1.165, 1.54) is 4.90 Å². The highest BCUT2D eigenvalue weighted by atomic mass is 19.4. The summed E-state index contributed by atoms with van der Waals surface area (Å²) in [4.78, 5) is 5.39. The van der Waals surface area contributed by atoms with Crippen LogP contribution in [0.1, 0.15) is 25.7 Å². The molecule has 0 heterocycles. The van der Waals surface area contributed by atoms with Crippen molar-refractivity contribution in [3.63, 3.8) is 0 Å². The highest BCUT2D eigenvalue weighted by Crippen LogP contribution is 2.31. The van der Waals surface area contributed by atoms with Gasteiger partial charge in [-0.1, -0.05) is 0 Å². The normalized spacial score (nSPS) is 22.1. The lowest BCUT2D eigenvalue weighted by Gasteiger charge is -2.26. The highest BCUT2D eigenvalue weighted by molar-refractivity contribution is 5.80. The number of nitrogens with zero attached hydrogens (tertiary/aromatic N) is 2. The number of hydrogen-bond acceptors (Lipinski definition) is 2. The minimum atomic E-state index is -4.22. The molecule has 3 N–H and O–H groups in total. The average Bonchev–Trinajstić information content (AvgIpc) is 3.00. The van der Waals surface area contributed by atoms with Gasteiger partial charge in [-0.05, 0) is 25.7 Å². The maximum Gasteiger partial charge on any atom is 0.406 e. The van der Waals surface area contributed by atoms with E-state index in [0.29, 0.717) is 0 Å². The second-order valence-electron chi connectivity index (χ2n) is 4.30. The number of aliphatic imine (C=N–C) groups is 1. The molecule has 0 atom stereocenters. The first kappa shape index (κ1) is 11.5. The van der Waals surface area contributed by atoms with Crippen molar-refractivity contribution in [2.45, 2.75) is 43.9 Å². The molecule has 16 heavy (non-hydrogen) atoms. The fourth-order valence-electron chi connectivity index (χ4n) is 1.53. The Bertz CT molecular complexity index is 281. The van der Waals surface area contributed by atoms with Crippen LogP contribution in [0.25, 0.3) is 0 Å². The third-order valence-corrected chi connectivity index (χ3v) is 2.59. The van der Waals surface area contributed by atoms with Gasteiger partial charge in [0, 0.05) is 6.04 Å². The van der Waals surface area contributed by atoms with Gasteiger partial charge in [0.2, 0.25) is 5.96 Å². The maximum absolute atomic E-state index is 12.4. The van der Waals surface area contributed by atoms with Gasteiger partial charge in [0.05, 0.1) is 6.04 Å². The number of hydrazine groups is 1. The van der Waals surface area contributed by atoms with Gasteiger partial charge >= 0.3 is 6.18 Å². The summed E-state index contributed by atoms with van der Waals surface area (Å²) >= 11 is 0. The van der Waals surface area contributed by atoms with Gasteiger partial charge in [0.1, 0.15) is 6.54 Å². The van der Waals surface area contributed by atoms with Crippen LogP contribution in [0.5, 0.6) is 0 Å². The smallest absolute Gasteiger partial charge is 0.330 e. The van der Waals surface area contributed by atoms with Crippen LogP contribution in [0.3, 0.4) is 0 Å². The van der Waals surface area contributed by atoms with E-state index in [-0.39, 0.29) is 18.0 Å². The van der Waals surface area contributed by atoms with Gasteiger partial charge in [-0.15, -0.1) is 0 Å². The molecule has 0 unspecified atom stereocenters. The van der Waals surface area contributed by atoms with Gasteiger partial charge in [-0.2, -0.15) is 13.2 Å². The standard InChI is InChI=1S/C9H15F3N4/c10-9(11,12)5-16(7-3-4-7)8(15-13)14-6-1-2-6/h6-7H,1-5,13H2,(H,14,15). The van der Waals surface area contributed by atoms with Gasteiger partial charge in [-0.25, -0.2) is 10.8 Å². The van der Waals surface area contributed by atoms with Crippen molar-refractivity contribution < 1.29 is 13.2 Å². The Kier molecular flexibility index (Phi) is 2.96. The second kappa shape index (κ2) is 4.12. The van der Waals surface area contributed by atoms with E-state index < -0.39 is 12.7 Å². The monoisotopic (exact) mass is 236 g/mol. The molecule has 0 aromatic carbocycles. The largest absolute Gasteiger partial charge is 0.406 e. The van der Waals surface area contributed by atoms with Crippen LogP contribution in [0.4, 0.5) is 13.2 Å². The molecule has 0 saturated heterocycles. The molecular formula is C9H15F3N4. The molecule has 0 aliphatic heterocycles. The van der Waals surface area contributed by atoms with E-state index in [4.69, 9.17) is 5.84 Å². The number of hydrogen-bond donors (Lipinski definition) is 2. The van der Waals surface area contributed by atoms with Gasteiger partial charge in [-0.3, -0.25) is 5.43 Å². The second-order valence-corrected chi connectivity index (χ2v) is 4.30. The lowest BCUT2D eigenvalue weighted by Crippen LogP contribution is -2.49. The number of rotatable bonds is 3. The van der Waals surface area contributed by atoms with Gasteiger partial charge < -0.3 is 4.90 Å². The number of guanidine groups is 1. The molecule has 0 radical (unpaired) electrons. The third-order valence-electron chi connectivity index (χ3n) is 2.59. The molecule has 0 bridgehead atoms. The zero-order valence-corrected chi connectivity index (χ0v) is 8.80. The summed E-state index contributed by atoms with van der Waals surface area (Å²) in [6.45, 7) is -0.979. The number of nitrogens with two attached hydrogens (primary N) is 1. The van der Waals surface area contributed by atoms with Crippen molar-refractivity contribution in [3.8, 4) is 0 Å². The van der Waals surface area contributed by atoms with Crippen molar-refractivity contribution in [2.24, 2.45) is 10.8 Å². The SMILES string of the molecule is NNC(=NC1CC1)N(CC(F)(F)F)C1CC1. The van der Waals surface area contributed by atoms with Crippen molar-refractivity contribution in [3.05, 3.63) is 0 Å². The molecule has 2 saturated carbocycles. The summed E-state index contributed by atoms with van der Waals surface area (Å²) in [7, 11) is 0. The molecule has 2 aliphatic carbocycles. The topological polar surface area (TPSA) is 53.6 Å². The Hall–Kier alpha value is -0.980. The molecule has 0 aromatic rings. The molecule has 2 rings (SSSR count). The van der Waals surface area contributed by atoms with Crippen LogP contribution >= 0.6 is 0 Å². The Balaban J connectivity index is 2.04. The first-order chi connectivity index (χ1) is 7.49. The van der Waals surface area contributed by atoms with Crippen molar-refractivity contribution >= 4 is 5.96 Å². The van der Waals surface area contributed by atoms with Crippen molar-refractivity contribution in [1.29, 1.82) is 0 Å². The van der Waals surface area contributed by atoms with Crippen LogP contribution in [-0.4, -0.2) is 35.7 Å². The first-order valence-corrected chi connectivity index (χ1v) is 5.37.